The summed E-state index contributed by atoms with van der Waals surface area (Å²) in [5.74, 6) is 1.55. The lowest BCUT2D eigenvalue weighted by Gasteiger charge is -2.22. The van der Waals surface area contributed by atoms with Gasteiger partial charge in [0.05, 0.1) is 11.5 Å². The van der Waals surface area contributed by atoms with Gasteiger partial charge in [-0.2, -0.15) is 0 Å². The number of benzene rings is 1. The van der Waals surface area contributed by atoms with Gasteiger partial charge in [0.15, 0.2) is 5.96 Å². The molecule has 0 radical (unpaired) electrons. The molecule has 0 aromatic heterocycles. The first-order valence-electron chi connectivity index (χ1n) is 7.83. The van der Waals surface area contributed by atoms with Crippen LogP contribution in [0.3, 0.4) is 0 Å². The zero-order valence-electron chi connectivity index (χ0n) is 14.1. The molecular weight excluding hydrogens is 423 g/mol. The number of nitro groups is 1. The molecule has 0 spiro atoms. The molecule has 1 saturated carbocycles. The van der Waals surface area contributed by atoms with Gasteiger partial charge >= 0.3 is 0 Å². The van der Waals surface area contributed by atoms with Gasteiger partial charge in [-0.15, -0.1) is 24.0 Å². The first-order valence-corrected chi connectivity index (χ1v) is 7.83. The van der Waals surface area contributed by atoms with Crippen LogP contribution in [0.5, 0.6) is 0 Å². The van der Waals surface area contributed by atoms with Crippen LogP contribution in [0.1, 0.15) is 18.4 Å². The molecule has 0 saturated heterocycles. The third-order valence-electron chi connectivity index (χ3n) is 3.79. The third kappa shape index (κ3) is 7.00. The van der Waals surface area contributed by atoms with Crippen LogP contribution in [-0.4, -0.2) is 49.6 Å². The zero-order valence-corrected chi connectivity index (χ0v) is 16.4. The number of aliphatic imine (C=N–C) groups is 1. The highest BCUT2D eigenvalue weighted by molar-refractivity contribution is 14.0. The molecule has 0 aliphatic heterocycles. The summed E-state index contributed by atoms with van der Waals surface area (Å²) in [5, 5.41) is 13.9. The van der Waals surface area contributed by atoms with Gasteiger partial charge in [-0.1, -0.05) is 12.1 Å². The van der Waals surface area contributed by atoms with Crippen LogP contribution in [0.25, 0.3) is 0 Å². The number of nitrogens with zero attached hydrogens (tertiary/aromatic N) is 3. The smallest absolute Gasteiger partial charge is 0.269 e. The van der Waals surface area contributed by atoms with E-state index >= 15 is 0 Å². The number of hydrogen-bond acceptors (Lipinski definition) is 4. The lowest BCUT2D eigenvalue weighted by atomic mass is 10.2. The lowest BCUT2D eigenvalue weighted by Crippen LogP contribution is -2.40. The number of nitrogens with one attached hydrogen (secondary N) is 1. The maximum absolute atomic E-state index is 10.6. The molecule has 0 unspecified atom stereocenters. The maximum atomic E-state index is 10.6. The predicted octanol–water partition coefficient (Wildman–Crippen LogP) is 2.65. The fourth-order valence-electron chi connectivity index (χ4n) is 2.14. The van der Waals surface area contributed by atoms with E-state index in [0.717, 1.165) is 30.6 Å². The van der Waals surface area contributed by atoms with Crippen LogP contribution in [0.2, 0.25) is 0 Å². The summed E-state index contributed by atoms with van der Waals surface area (Å²) < 4.78 is 5.63. The monoisotopic (exact) mass is 448 g/mol. The largest absolute Gasteiger partial charge is 0.379 e. The highest BCUT2D eigenvalue weighted by Crippen LogP contribution is 2.28. The van der Waals surface area contributed by atoms with Crippen LogP contribution >= 0.6 is 24.0 Å². The predicted molar refractivity (Wildman–Crippen MR) is 105 cm³/mol. The minimum atomic E-state index is -0.397. The fourth-order valence-corrected chi connectivity index (χ4v) is 2.14. The maximum Gasteiger partial charge on any atom is 0.269 e. The molecule has 2 rings (SSSR count). The second kappa shape index (κ2) is 10.4. The summed E-state index contributed by atoms with van der Waals surface area (Å²) in [6.45, 7) is 2.89. The van der Waals surface area contributed by atoms with Crippen molar-refractivity contribution < 1.29 is 9.66 Å². The van der Waals surface area contributed by atoms with E-state index in [9.17, 15) is 10.1 Å². The first kappa shape index (κ1) is 20.6. The van der Waals surface area contributed by atoms with E-state index in [2.05, 4.69) is 10.3 Å². The minimum absolute atomic E-state index is 0. The lowest BCUT2D eigenvalue weighted by molar-refractivity contribution is -0.384. The summed E-state index contributed by atoms with van der Waals surface area (Å²) in [5.41, 5.74) is 1.07. The van der Waals surface area contributed by atoms with Crippen molar-refractivity contribution in [3.63, 3.8) is 0 Å². The molecule has 134 valence electrons. The fraction of sp³-hybridized carbons (Fsp3) is 0.562. The Hall–Kier alpha value is -1.42. The van der Waals surface area contributed by atoms with Crippen LogP contribution in [0.4, 0.5) is 5.69 Å². The highest BCUT2D eigenvalue weighted by Gasteiger charge is 2.21. The van der Waals surface area contributed by atoms with Crippen molar-refractivity contribution in [2.75, 3.05) is 33.9 Å². The van der Waals surface area contributed by atoms with Crippen LogP contribution in [-0.2, 0) is 11.3 Å². The molecular formula is C16H25IN4O3. The standard InChI is InChI=1S/C16H24N4O3.HI/c1-17-16(19(2)9-10-23-12-14-3-4-14)18-11-13-5-7-15(8-6-13)20(21)22;/h5-8,14H,3-4,9-12H2,1-2H3,(H,17,18);1H. The van der Waals surface area contributed by atoms with Crippen molar-refractivity contribution in [3.8, 4) is 0 Å². The summed E-state index contributed by atoms with van der Waals surface area (Å²) in [4.78, 5) is 16.5. The van der Waals surface area contributed by atoms with E-state index in [4.69, 9.17) is 4.74 Å². The summed E-state index contributed by atoms with van der Waals surface area (Å²) in [6.07, 6.45) is 2.60. The third-order valence-corrected chi connectivity index (χ3v) is 3.79. The van der Waals surface area contributed by atoms with Crippen molar-refractivity contribution in [3.05, 3.63) is 39.9 Å². The van der Waals surface area contributed by atoms with E-state index in [1.165, 1.54) is 25.0 Å². The van der Waals surface area contributed by atoms with Crippen molar-refractivity contribution in [2.24, 2.45) is 10.9 Å². The van der Waals surface area contributed by atoms with Crippen molar-refractivity contribution in [1.29, 1.82) is 0 Å². The second-order valence-corrected chi connectivity index (χ2v) is 5.76. The summed E-state index contributed by atoms with van der Waals surface area (Å²) in [6, 6.07) is 6.51. The van der Waals surface area contributed by atoms with Gasteiger partial charge in [-0.3, -0.25) is 15.1 Å². The Bertz CT molecular complexity index is 547. The molecule has 7 nitrogen and oxygen atoms in total. The van der Waals surface area contributed by atoms with E-state index in [1.807, 2.05) is 11.9 Å². The number of likely N-dealkylation sites (N-methyl/N-ethyl adjacent to an activating group) is 1. The number of hydrogen-bond donors (Lipinski definition) is 1. The zero-order chi connectivity index (χ0) is 16.7. The molecule has 1 aliphatic rings. The number of rotatable bonds is 8. The molecule has 1 aromatic rings. The van der Waals surface area contributed by atoms with E-state index in [0.29, 0.717) is 13.2 Å². The van der Waals surface area contributed by atoms with Gasteiger partial charge in [-0.05, 0) is 24.3 Å². The van der Waals surface area contributed by atoms with Gasteiger partial charge in [0.1, 0.15) is 0 Å². The SMILES string of the molecule is CN=C(NCc1ccc([N+](=O)[O-])cc1)N(C)CCOCC1CC1.I. The van der Waals surface area contributed by atoms with Crippen molar-refractivity contribution in [1.82, 2.24) is 10.2 Å². The van der Waals surface area contributed by atoms with E-state index in [1.54, 1.807) is 19.2 Å². The van der Waals surface area contributed by atoms with E-state index in [-0.39, 0.29) is 29.7 Å². The average Bonchev–Trinajstić information content (AvgIpc) is 3.37. The Morgan fingerprint density at radius 1 is 1.42 bits per heavy atom. The van der Waals surface area contributed by atoms with Gasteiger partial charge in [0.25, 0.3) is 5.69 Å². The Labute approximate surface area is 159 Å². The number of halogens is 1. The van der Waals surface area contributed by atoms with Gasteiger partial charge in [-0.25, -0.2) is 0 Å². The average molecular weight is 448 g/mol. The number of nitro benzene ring substituents is 1. The van der Waals surface area contributed by atoms with Gasteiger partial charge in [0, 0.05) is 45.9 Å². The van der Waals surface area contributed by atoms with Crippen molar-refractivity contribution >= 4 is 35.6 Å². The molecule has 1 aromatic carbocycles. The summed E-state index contributed by atoms with van der Waals surface area (Å²) >= 11 is 0. The van der Waals surface area contributed by atoms with Crippen molar-refractivity contribution in [2.45, 2.75) is 19.4 Å². The Kier molecular flexibility index (Phi) is 8.98. The highest BCUT2D eigenvalue weighted by atomic mass is 127. The van der Waals surface area contributed by atoms with Crippen LogP contribution in [0.15, 0.2) is 29.3 Å². The quantitative estimate of drug-likeness (QED) is 0.165. The molecule has 1 fully saturated rings. The Morgan fingerprint density at radius 2 is 2.08 bits per heavy atom. The Balaban J connectivity index is 0.00000288. The van der Waals surface area contributed by atoms with E-state index < -0.39 is 4.92 Å². The van der Waals surface area contributed by atoms with Crippen LogP contribution in [0, 0.1) is 16.0 Å². The number of ether oxygens (including phenoxy) is 1. The van der Waals surface area contributed by atoms with Crippen LogP contribution < -0.4 is 5.32 Å². The molecule has 8 heteroatoms. The molecule has 24 heavy (non-hydrogen) atoms. The molecule has 0 heterocycles. The minimum Gasteiger partial charge on any atom is -0.379 e. The number of guanidine groups is 1. The second-order valence-electron chi connectivity index (χ2n) is 5.76. The molecule has 1 N–H and O–H groups in total. The first-order chi connectivity index (χ1) is 11.1. The van der Waals surface area contributed by atoms with Gasteiger partial charge in [0.2, 0.25) is 0 Å². The summed E-state index contributed by atoms with van der Waals surface area (Å²) in [7, 11) is 3.70. The van der Waals surface area contributed by atoms with Gasteiger partial charge < -0.3 is 15.0 Å². The Morgan fingerprint density at radius 3 is 2.62 bits per heavy atom. The number of non-ortho nitro benzene ring substituents is 1. The molecule has 0 atom stereocenters. The molecule has 1 aliphatic carbocycles. The molecule has 0 amide bonds. The normalized spacial score (nSPS) is 14.0. The topological polar surface area (TPSA) is 80.0 Å². The molecule has 0 bridgehead atoms.